The fourth-order valence-electron chi connectivity index (χ4n) is 2.02. The van der Waals surface area contributed by atoms with E-state index in [4.69, 9.17) is 16.3 Å². The first kappa shape index (κ1) is 14.6. The van der Waals surface area contributed by atoms with Crippen molar-refractivity contribution < 1.29 is 9.53 Å². The average molecular weight is 300 g/mol. The van der Waals surface area contributed by atoms with Gasteiger partial charge in [0, 0.05) is 33.2 Å². The van der Waals surface area contributed by atoms with Gasteiger partial charge in [0.25, 0.3) is 0 Å². The molecule has 1 aromatic rings. The van der Waals surface area contributed by atoms with Gasteiger partial charge in [-0.3, -0.25) is 0 Å². The lowest BCUT2D eigenvalue weighted by Gasteiger charge is -2.35. The van der Waals surface area contributed by atoms with Gasteiger partial charge in [0.2, 0.25) is 5.95 Å². The van der Waals surface area contributed by atoms with Crippen molar-refractivity contribution in [1.82, 2.24) is 14.9 Å². The Kier molecular flexibility index (Phi) is 4.84. The Balaban J connectivity index is 2.02. The zero-order valence-electron chi connectivity index (χ0n) is 11.6. The van der Waals surface area contributed by atoms with Crippen LogP contribution in [0.2, 0.25) is 5.02 Å². The second kappa shape index (κ2) is 6.60. The van der Waals surface area contributed by atoms with E-state index in [0.29, 0.717) is 49.6 Å². The van der Waals surface area contributed by atoms with E-state index < -0.39 is 0 Å². The monoisotopic (exact) mass is 299 g/mol. The summed E-state index contributed by atoms with van der Waals surface area (Å²) >= 11 is 6.14. The molecule has 20 heavy (non-hydrogen) atoms. The second-order valence-corrected chi connectivity index (χ2v) is 4.70. The third-order valence-electron chi connectivity index (χ3n) is 3.05. The molecule has 8 heteroatoms. The van der Waals surface area contributed by atoms with Gasteiger partial charge < -0.3 is 19.9 Å². The summed E-state index contributed by atoms with van der Waals surface area (Å²) in [6.07, 6.45) is 1.31. The standard InChI is InChI=1S/C12H18ClN5O2/c1-3-20-12(19)18-6-4-17(5-7-18)10-9(13)8-15-11(14-2)16-10/h8H,3-7H2,1-2H3,(H,14,15,16). The molecular formula is C12H18ClN5O2. The number of rotatable bonds is 3. The van der Waals surface area contributed by atoms with Crippen LogP contribution in [0.4, 0.5) is 16.6 Å². The van der Waals surface area contributed by atoms with Crippen LogP contribution < -0.4 is 10.2 Å². The summed E-state index contributed by atoms with van der Waals surface area (Å²) < 4.78 is 4.99. The van der Waals surface area contributed by atoms with Crippen molar-refractivity contribution >= 4 is 29.5 Å². The maximum atomic E-state index is 11.6. The molecule has 1 saturated heterocycles. The van der Waals surface area contributed by atoms with E-state index in [-0.39, 0.29) is 6.09 Å². The summed E-state index contributed by atoms with van der Waals surface area (Å²) in [5.74, 6) is 1.21. The van der Waals surface area contributed by atoms with Gasteiger partial charge in [-0.2, -0.15) is 4.98 Å². The summed E-state index contributed by atoms with van der Waals surface area (Å²) in [6, 6.07) is 0. The number of carbonyl (C=O) groups excluding carboxylic acids is 1. The van der Waals surface area contributed by atoms with Crippen molar-refractivity contribution in [2.24, 2.45) is 0 Å². The van der Waals surface area contributed by atoms with E-state index in [1.165, 1.54) is 0 Å². The van der Waals surface area contributed by atoms with Gasteiger partial charge >= 0.3 is 6.09 Å². The lowest BCUT2D eigenvalue weighted by atomic mass is 10.3. The predicted molar refractivity (Wildman–Crippen MR) is 77.4 cm³/mol. The summed E-state index contributed by atoms with van der Waals surface area (Å²) in [4.78, 5) is 23.8. The summed E-state index contributed by atoms with van der Waals surface area (Å²) in [6.45, 7) is 4.70. The van der Waals surface area contributed by atoms with Crippen molar-refractivity contribution in [1.29, 1.82) is 0 Å². The quantitative estimate of drug-likeness (QED) is 0.911. The molecule has 1 aliphatic rings. The van der Waals surface area contributed by atoms with Crippen molar-refractivity contribution in [3.8, 4) is 0 Å². The van der Waals surface area contributed by atoms with E-state index in [9.17, 15) is 4.79 Å². The number of hydrogen-bond acceptors (Lipinski definition) is 6. The molecule has 7 nitrogen and oxygen atoms in total. The molecule has 0 atom stereocenters. The fourth-order valence-corrected chi connectivity index (χ4v) is 2.23. The van der Waals surface area contributed by atoms with Gasteiger partial charge in [-0.15, -0.1) is 0 Å². The number of anilines is 2. The number of piperazine rings is 1. The molecule has 1 aliphatic heterocycles. The summed E-state index contributed by atoms with van der Waals surface area (Å²) in [5.41, 5.74) is 0. The lowest BCUT2D eigenvalue weighted by Crippen LogP contribution is -2.49. The maximum absolute atomic E-state index is 11.6. The molecule has 2 rings (SSSR count). The molecule has 1 N–H and O–H groups in total. The minimum absolute atomic E-state index is 0.267. The maximum Gasteiger partial charge on any atom is 0.409 e. The second-order valence-electron chi connectivity index (χ2n) is 4.29. The highest BCUT2D eigenvalue weighted by Gasteiger charge is 2.24. The molecule has 110 valence electrons. The van der Waals surface area contributed by atoms with Gasteiger partial charge in [-0.05, 0) is 6.92 Å². The predicted octanol–water partition coefficient (Wildman–Crippen LogP) is 1.45. The molecule has 0 bridgehead atoms. The zero-order chi connectivity index (χ0) is 14.5. The number of amides is 1. The Morgan fingerprint density at radius 2 is 2.15 bits per heavy atom. The number of carbonyl (C=O) groups is 1. The number of nitrogens with zero attached hydrogens (tertiary/aromatic N) is 4. The minimum atomic E-state index is -0.267. The topological polar surface area (TPSA) is 70.6 Å². The molecule has 1 amide bonds. The molecule has 1 aromatic heterocycles. The zero-order valence-corrected chi connectivity index (χ0v) is 12.4. The molecule has 0 aliphatic carbocycles. The van der Waals surface area contributed by atoms with Crippen molar-refractivity contribution in [3.63, 3.8) is 0 Å². The molecule has 0 radical (unpaired) electrons. The van der Waals surface area contributed by atoms with Gasteiger partial charge in [-0.25, -0.2) is 9.78 Å². The highest BCUT2D eigenvalue weighted by Crippen LogP contribution is 2.24. The molecule has 0 saturated carbocycles. The molecule has 1 fully saturated rings. The van der Waals surface area contributed by atoms with Crippen molar-refractivity contribution in [2.75, 3.05) is 50.1 Å². The van der Waals surface area contributed by atoms with E-state index >= 15 is 0 Å². The Labute approximate surface area is 122 Å². The van der Waals surface area contributed by atoms with Crippen LogP contribution in [0.5, 0.6) is 0 Å². The third kappa shape index (κ3) is 3.22. The number of nitrogens with one attached hydrogen (secondary N) is 1. The Hall–Kier alpha value is -1.76. The first-order chi connectivity index (χ1) is 9.65. The van der Waals surface area contributed by atoms with E-state index in [0.717, 1.165) is 0 Å². The number of halogens is 1. The Morgan fingerprint density at radius 1 is 1.45 bits per heavy atom. The largest absolute Gasteiger partial charge is 0.450 e. The van der Waals surface area contributed by atoms with Crippen LogP contribution in [0.1, 0.15) is 6.92 Å². The van der Waals surface area contributed by atoms with E-state index in [1.54, 1.807) is 25.1 Å². The van der Waals surface area contributed by atoms with E-state index in [1.807, 2.05) is 4.90 Å². The van der Waals surface area contributed by atoms with Gasteiger partial charge in [0.15, 0.2) is 5.82 Å². The third-order valence-corrected chi connectivity index (χ3v) is 3.32. The summed E-state index contributed by atoms with van der Waals surface area (Å²) in [5, 5.41) is 3.39. The highest BCUT2D eigenvalue weighted by molar-refractivity contribution is 6.32. The van der Waals surface area contributed by atoms with Crippen LogP contribution in [-0.2, 0) is 4.74 Å². The van der Waals surface area contributed by atoms with Crippen molar-refractivity contribution in [2.45, 2.75) is 6.92 Å². The Bertz CT molecular complexity index is 477. The molecule has 2 heterocycles. The van der Waals surface area contributed by atoms with Crippen LogP contribution in [0, 0.1) is 0 Å². The van der Waals surface area contributed by atoms with Crippen LogP contribution in [0.15, 0.2) is 6.20 Å². The Morgan fingerprint density at radius 3 is 2.75 bits per heavy atom. The molecule has 0 unspecified atom stereocenters. The number of aromatic nitrogens is 2. The normalized spacial score (nSPS) is 15.2. The lowest BCUT2D eigenvalue weighted by molar-refractivity contribution is 0.105. The molecule has 0 spiro atoms. The van der Waals surface area contributed by atoms with Gasteiger partial charge in [0.05, 0.1) is 12.8 Å². The van der Waals surface area contributed by atoms with Crippen LogP contribution in [0.3, 0.4) is 0 Å². The minimum Gasteiger partial charge on any atom is -0.450 e. The number of hydrogen-bond donors (Lipinski definition) is 1. The van der Waals surface area contributed by atoms with Crippen LogP contribution in [-0.4, -0.2) is 60.8 Å². The van der Waals surface area contributed by atoms with Gasteiger partial charge in [-0.1, -0.05) is 11.6 Å². The highest BCUT2D eigenvalue weighted by atomic mass is 35.5. The SMILES string of the molecule is CCOC(=O)N1CCN(c2nc(NC)ncc2Cl)CC1. The van der Waals surface area contributed by atoms with Gasteiger partial charge in [0.1, 0.15) is 5.02 Å². The number of ether oxygens (including phenoxy) is 1. The van der Waals surface area contributed by atoms with Crippen LogP contribution in [0.25, 0.3) is 0 Å². The molecule has 0 aromatic carbocycles. The fraction of sp³-hybridized carbons (Fsp3) is 0.583. The summed E-state index contributed by atoms with van der Waals surface area (Å²) in [7, 11) is 1.76. The first-order valence-electron chi connectivity index (χ1n) is 6.52. The smallest absolute Gasteiger partial charge is 0.409 e. The first-order valence-corrected chi connectivity index (χ1v) is 6.90. The molecular weight excluding hydrogens is 282 g/mol. The van der Waals surface area contributed by atoms with Crippen LogP contribution >= 0.6 is 11.6 Å². The average Bonchev–Trinajstić information content (AvgIpc) is 2.48. The van der Waals surface area contributed by atoms with E-state index in [2.05, 4.69) is 15.3 Å². The van der Waals surface area contributed by atoms with Crippen molar-refractivity contribution in [3.05, 3.63) is 11.2 Å².